The Labute approximate surface area is 199 Å². The van der Waals surface area contributed by atoms with Crippen molar-refractivity contribution in [3.8, 4) is 5.75 Å². The van der Waals surface area contributed by atoms with E-state index in [-0.39, 0.29) is 30.6 Å². The molecule has 0 aliphatic carbocycles. The van der Waals surface area contributed by atoms with E-state index in [1.165, 1.54) is 12.0 Å². The third kappa shape index (κ3) is 4.54. The van der Waals surface area contributed by atoms with E-state index in [0.717, 1.165) is 9.86 Å². The van der Waals surface area contributed by atoms with Crippen LogP contribution in [0, 0.1) is 0 Å². The third-order valence-corrected chi connectivity index (χ3v) is 5.83. The smallest absolute Gasteiger partial charge is 0.290 e. The molecule has 1 aliphatic rings. The number of carbonyl (C=O) groups is 2. The number of aliphatic hydroxyl groups excluding tert-OH is 1. The predicted molar refractivity (Wildman–Crippen MR) is 126 cm³/mol. The van der Waals surface area contributed by atoms with Crippen molar-refractivity contribution in [3.05, 3.63) is 75.7 Å². The number of rotatable bonds is 8. The topological polar surface area (TPSA) is 89.2 Å². The quantitative estimate of drug-likeness (QED) is 0.416. The zero-order chi connectivity index (χ0) is 23.7. The number of ketones is 1. The molecular weight excluding hydrogens is 490 g/mol. The number of carbonyl (C=O) groups excluding carboxylic acids is 2. The van der Waals surface area contributed by atoms with Gasteiger partial charge in [-0.1, -0.05) is 28.1 Å². The molecule has 2 aromatic carbocycles. The molecule has 8 heteroatoms. The third-order valence-electron chi connectivity index (χ3n) is 5.33. The molecule has 1 atom stereocenters. The summed E-state index contributed by atoms with van der Waals surface area (Å²) in [7, 11) is 1.53. The maximum Gasteiger partial charge on any atom is 0.290 e. The fourth-order valence-electron chi connectivity index (χ4n) is 3.94. The Morgan fingerprint density at radius 3 is 2.73 bits per heavy atom. The van der Waals surface area contributed by atoms with Crippen LogP contribution in [0.1, 0.15) is 36.0 Å². The fourth-order valence-corrected chi connectivity index (χ4v) is 4.32. The van der Waals surface area contributed by atoms with Gasteiger partial charge in [-0.3, -0.25) is 9.59 Å². The van der Waals surface area contributed by atoms with Gasteiger partial charge in [-0.2, -0.15) is 0 Å². The zero-order valence-corrected chi connectivity index (χ0v) is 20.1. The molecule has 4 rings (SSSR count). The molecule has 1 amide bonds. The predicted octanol–water partition coefficient (Wildman–Crippen LogP) is 5.21. The van der Waals surface area contributed by atoms with E-state index < -0.39 is 23.5 Å². The van der Waals surface area contributed by atoms with Crippen molar-refractivity contribution < 1.29 is 28.6 Å². The first-order chi connectivity index (χ1) is 15.8. The number of aliphatic hydroxyl groups is 1. The van der Waals surface area contributed by atoms with Crippen LogP contribution < -0.4 is 4.74 Å². The molecule has 1 aromatic heterocycles. The standard InChI is InChI=1S/C25H24BrNO6/c1-14(2)32-18-6-4-5-15(12-18)22-21(24(29)25(30)27(22)9-10-31-3)23(28)20-13-16-11-17(26)7-8-19(16)33-20/h4-8,11-14,22,29H,9-10H2,1-3H3. The molecule has 1 N–H and O–H groups in total. The fraction of sp³-hybridized carbons (Fsp3) is 0.280. The highest BCUT2D eigenvalue weighted by molar-refractivity contribution is 9.10. The summed E-state index contributed by atoms with van der Waals surface area (Å²) < 4.78 is 17.6. The van der Waals surface area contributed by atoms with Gasteiger partial charge in [-0.05, 0) is 55.8 Å². The summed E-state index contributed by atoms with van der Waals surface area (Å²) in [6.07, 6.45) is -0.0463. The van der Waals surface area contributed by atoms with Crippen molar-refractivity contribution >= 4 is 38.6 Å². The van der Waals surface area contributed by atoms with Gasteiger partial charge in [0.15, 0.2) is 11.5 Å². The van der Waals surface area contributed by atoms with E-state index in [4.69, 9.17) is 13.9 Å². The maximum atomic E-state index is 13.6. The molecule has 0 fully saturated rings. The average molecular weight is 514 g/mol. The lowest BCUT2D eigenvalue weighted by atomic mass is 9.95. The number of halogens is 1. The number of fused-ring (bicyclic) bond motifs is 1. The highest BCUT2D eigenvalue weighted by Gasteiger charge is 2.44. The summed E-state index contributed by atoms with van der Waals surface area (Å²) in [5.41, 5.74) is 1.14. The number of amides is 1. The Morgan fingerprint density at radius 2 is 2.00 bits per heavy atom. The molecule has 1 aliphatic heterocycles. The molecule has 0 saturated heterocycles. The minimum atomic E-state index is -0.809. The van der Waals surface area contributed by atoms with E-state index in [9.17, 15) is 14.7 Å². The molecule has 3 aromatic rings. The second kappa shape index (κ2) is 9.41. The number of methoxy groups -OCH3 is 1. The van der Waals surface area contributed by atoms with Gasteiger partial charge in [0.25, 0.3) is 5.91 Å². The molecular formula is C25H24BrNO6. The van der Waals surface area contributed by atoms with Gasteiger partial charge >= 0.3 is 0 Å². The second-order valence-electron chi connectivity index (χ2n) is 8.02. The van der Waals surface area contributed by atoms with Gasteiger partial charge < -0.3 is 23.9 Å². The SMILES string of the molecule is COCCN1C(=O)C(O)=C(C(=O)c2cc3cc(Br)ccc3o2)C1c1cccc(OC(C)C)c1. The number of furan rings is 1. The van der Waals surface area contributed by atoms with Crippen LogP contribution in [-0.2, 0) is 9.53 Å². The molecule has 0 spiro atoms. The van der Waals surface area contributed by atoms with Crippen LogP contribution in [0.3, 0.4) is 0 Å². The number of benzene rings is 2. The van der Waals surface area contributed by atoms with Gasteiger partial charge in [-0.15, -0.1) is 0 Å². The van der Waals surface area contributed by atoms with Crippen LogP contribution in [-0.4, -0.2) is 48.1 Å². The summed E-state index contributed by atoms with van der Waals surface area (Å²) in [5, 5.41) is 11.5. The van der Waals surface area contributed by atoms with Crippen LogP contribution in [0.25, 0.3) is 11.0 Å². The first-order valence-corrected chi connectivity index (χ1v) is 11.3. The number of hydrogen-bond donors (Lipinski definition) is 1. The summed E-state index contributed by atoms with van der Waals surface area (Å²) >= 11 is 3.41. The van der Waals surface area contributed by atoms with E-state index >= 15 is 0 Å². The van der Waals surface area contributed by atoms with Crippen molar-refractivity contribution in [2.45, 2.75) is 26.0 Å². The zero-order valence-electron chi connectivity index (χ0n) is 18.5. The number of hydrogen-bond acceptors (Lipinski definition) is 6. The molecule has 2 heterocycles. The first-order valence-electron chi connectivity index (χ1n) is 10.5. The highest BCUT2D eigenvalue weighted by atomic mass is 79.9. The van der Waals surface area contributed by atoms with Crippen LogP contribution in [0.2, 0.25) is 0 Å². The van der Waals surface area contributed by atoms with E-state index in [1.807, 2.05) is 32.0 Å². The highest BCUT2D eigenvalue weighted by Crippen LogP contribution is 2.40. The van der Waals surface area contributed by atoms with E-state index in [2.05, 4.69) is 15.9 Å². The van der Waals surface area contributed by atoms with Crippen LogP contribution in [0.15, 0.2) is 68.8 Å². The Morgan fingerprint density at radius 1 is 1.21 bits per heavy atom. The van der Waals surface area contributed by atoms with Gasteiger partial charge in [0.2, 0.25) is 5.78 Å². The van der Waals surface area contributed by atoms with Crippen molar-refractivity contribution in [3.63, 3.8) is 0 Å². The lowest BCUT2D eigenvalue weighted by molar-refractivity contribution is -0.130. The molecule has 0 radical (unpaired) electrons. The Hall–Kier alpha value is -3.10. The van der Waals surface area contributed by atoms with Crippen molar-refractivity contribution in [1.82, 2.24) is 4.90 Å². The van der Waals surface area contributed by atoms with Gasteiger partial charge in [0.05, 0.1) is 24.3 Å². The lowest BCUT2D eigenvalue weighted by Crippen LogP contribution is -2.34. The molecule has 172 valence electrons. The van der Waals surface area contributed by atoms with Crippen molar-refractivity contribution in [1.29, 1.82) is 0 Å². The van der Waals surface area contributed by atoms with Crippen LogP contribution in [0.4, 0.5) is 0 Å². The van der Waals surface area contributed by atoms with Gasteiger partial charge in [0.1, 0.15) is 11.3 Å². The first kappa shape index (κ1) is 23.1. The van der Waals surface area contributed by atoms with E-state index in [1.54, 1.807) is 30.3 Å². The van der Waals surface area contributed by atoms with Crippen molar-refractivity contribution in [2.24, 2.45) is 0 Å². The Kier molecular flexibility index (Phi) is 6.58. The van der Waals surface area contributed by atoms with Gasteiger partial charge in [-0.25, -0.2) is 0 Å². The molecule has 1 unspecified atom stereocenters. The lowest BCUT2D eigenvalue weighted by Gasteiger charge is -2.26. The maximum absolute atomic E-state index is 13.6. The summed E-state index contributed by atoms with van der Waals surface area (Å²) in [6.45, 7) is 4.27. The Bertz CT molecular complexity index is 1240. The second-order valence-corrected chi connectivity index (χ2v) is 8.93. The van der Waals surface area contributed by atoms with Crippen molar-refractivity contribution in [2.75, 3.05) is 20.3 Å². The van der Waals surface area contributed by atoms with E-state index in [0.29, 0.717) is 16.9 Å². The number of Topliss-reactive ketones (excluding diaryl/α,β-unsaturated/α-hetero) is 1. The summed E-state index contributed by atoms with van der Waals surface area (Å²) in [6, 6.07) is 13.4. The monoisotopic (exact) mass is 513 g/mol. The molecule has 7 nitrogen and oxygen atoms in total. The number of nitrogens with zero attached hydrogens (tertiary/aromatic N) is 1. The van der Waals surface area contributed by atoms with Crippen LogP contribution in [0.5, 0.6) is 5.75 Å². The largest absolute Gasteiger partial charge is 0.503 e. The molecule has 0 bridgehead atoms. The van der Waals surface area contributed by atoms with Crippen LogP contribution >= 0.6 is 15.9 Å². The minimum Gasteiger partial charge on any atom is -0.503 e. The minimum absolute atomic E-state index is 0.0316. The Balaban J connectivity index is 1.79. The van der Waals surface area contributed by atoms with Gasteiger partial charge in [0, 0.05) is 23.5 Å². The average Bonchev–Trinajstić information content (AvgIpc) is 3.30. The molecule has 33 heavy (non-hydrogen) atoms. The summed E-state index contributed by atoms with van der Waals surface area (Å²) in [5.74, 6) is -1.11. The normalized spacial score (nSPS) is 16.3. The summed E-state index contributed by atoms with van der Waals surface area (Å²) in [4.78, 5) is 28.0. The number of ether oxygens (including phenoxy) is 2. The molecule has 0 saturated carbocycles.